The topological polar surface area (TPSA) is 68.3 Å². The number of imidazole rings is 1. The summed E-state index contributed by atoms with van der Waals surface area (Å²) in [5.41, 5.74) is 8.30. The van der Waals surface area contributed by atoms with Gasteiger partial charge in [0.25, 0.3) is 0 Å². The van der Waals surface area contributed by atoms with Crippen molar-refractivity contribution in [3.63, 3.8) is 0 Å². The van der Waals surface area contributed by atoms with Crippen LogP contribution < -0.4 is 0 Å². The Bertz CT molecular complexity index is 1630. The van der Waals surface area contributed by atoms with Crippen LogP contribution in [0, 0.1) is 0 Å². The fourth-order valence-corrected chi connectivity index (χ4v) is 4.94. The van der Waals surface area contributed by atoms with Crippen LogP contribution in [0.4, 0.5) is 0 Å². The van der Waals surface area contributed by atoms with Gasteiger partial charge in [-0.2, -0.15) is 0 Å². The minimum absolute atomic E-state index is 0.134. The number of fused-ring (bicyclic) bond motifs is 2. The van der Waals surface area contributed by atoms with Crippen molar-refractivity contribution in [1.29, 1.82) is 0 Å². The molecule has 0 amide bonds. The molecule has 36 heavy (non-hydrogen) atoms. The van der Waals surface area contributed by atoms with Crippen molar-refractivity contribution in [1.82, 2.24) is 9.55 Å². The predicted octanol–water partition coefficient (Wildman–Crippen LogP) is 6.67. The van der Waals surface area contributed by atoms with Gasteiger partial charge in [-0.15, -0.1) is 0 Å². The summed E-state index contributed by atoms with van der Waals surface area (Å²) in [6, 6.07) is 32.8. The van der Waals surface area contributed by atoms with Gasteiger partial charge in [0.15, 0.2) is 0 Å². The highest BCUT2D eigenvalue weighted by Crippen LogP contribution is 2.41. The Hall–Kier alpha value is -4.64. The van der Waals surface area contributed by atoms with E-state index in [9.17, 15) is 9.90 Å². The highest BCUT2D eigenvalue weighted by Gasteiger charge is 2.22. The number of nitrogens with zero attached hydrogens (tertiary/aromatic N) is 2. The summed E-state index contributed by atoms with van der Waals surface area (Å²) >= 11 is 0. The molecule has 0 saturated carbocycles. The molecule has 0 unspecified atom stereocenters. The van der Waals surface area contributed by atoms with Gasteiger partial charge < -0.3 is 14.1 Å². The number of carbonyl (C=O) groups is 1. The Morgan fingerprint density at radius 3 is 2.33 bits per heavy atom. The van der Waals surface area contributed by atoms with Crippen LogP contribution >= 0.6 is 0 Å². The molecule has 2 aliphatic rings. The number of carboxylic acid groups (broad SMARTS) is 1. The van der Waals surface area contributed by atoms with Crippen molar-refractivity contribution in [3.8, 4) is 22.5 Å². The van der Waals surface area contributed by atoms with Crippen molar-refractivity contribution in [2.75, 3.05) is 0 Å². The lowest BCUT2D eigenvalue weighted by molar-refractivity contribution is -0.136. The summed E-state index contributed by atoms with van der Waals surface area (Å²) in [5, 5.41) is 9.52. The van der Waals surface area contributed by atoms with Crippen LogP contribution in [0.15, 0.2) is 108 Å². The molecule has 1 aliphatic carbocycles. The molecule has 0 radical (unpaired) electrons. The van der Waals surface area contributed by atoms with E-state index in [2.05, 4.69) is 42.5 Å². The van der Waals surface area contributed by atoms with Crippen molar-refractivity contribution >= 4 is 17.0 Å². The van der Waals surface area contributed by atoms with Crippen molar-refractivity contribution < 1.29 is 14.3 Å². The zero-order valence-corrected chi connectivity index (χ0v) is 19.6. The molecule has 0 saturated heterocycles. The lowest BCUT2D eigenvalue weighted by Gasteiger charge is -2.10. The third kappa shape index (κ3) is 4.16. The molecule has 0 bridgehead atoms. The van der Waals surface area contributed by atoms with Crippen molar-refractivity contribution in [2.45, 2.75) is 19.4 Å². The zero-order valence-electron chi connectivity index (χ0n) is 19.6. The molecule has 176 valence electrons. The van der Waals surface area contributed by atoms with Crippen LogP contribution in [0.5, 0.6) is 0 Å². The number of benzene rings is 3. The minimum Gasteiger partial charge on any atom is -0.481 e. The van der Waals surface area contributed by atoms with Gasteiger partial charge in [0, 0.05) is 17.7 Å². The molecule has 1 aromatic heterocycles. The first-order chi connectivity index (χ1) is 17.7. The van der Waals surface area contributed by atoms with Gasteiger partial charge in [0.2, 0.25) is 0 Å². The minimum atomic E-state index is -0.897. The van der Waals surface area contributed by atoms with Crippen LogP contribution in [-0.2, 0) is 24.2 Å². The van der Waals surface area contributed by atoms with Gasteiger partial charge in [-0.25, -0.2) is 4.98 Å². The van der Waals surface area contributed by atoms with Crippen LogP contribution in [0.1, 0.15) is 22.5 Å². The molecule has 2 heterocycles. The summed E-state index contributed by atoms with van der Waals surface area (Å²) in [4.78, 5) is 16.4. The summed E-state index contributed by atoms with van der Waals surface area (Å²) in [6.07, 6.45) is 2.35. The molecule has 4 aromatic rings. The van der Waals surface area contributed by atoms with Crippen LogP contribution in [0.2, 0.25) is 0 Å². The third-order valence-corrected chi connectivity index (χ3v) is 6.53. The van der Waals surface area contributed by atoms with E-state index in [1.165, 1.54) is 11.1 Å². The highest BCUT2D eigenvalue weighted by atomic mass is 16.4. The van der Waals surface area contributed by atoms with Gasteiger partial charge in [-0.1, -0.05) is 66.7 Å². The van der Waals surface area contributed by atoms with E-state index in [0.29, 0.717) is 12.4 Å². The van der Waals surface area contributed by atoms with Crippen LogP contribution in [-0.4, -0.2) is 20.6 Å². The molecule has 0 atom stereocenters. The van der Waals surface area contributed by atoms with E-state index in [-0.39, 0.29) is 6.42 Å². The molecule has 0 spiro atoms. The number of hydrogen-bond donors (Lipinski definition) is 1. The second-order valence-corrected chi connectivity index (χ2v) is 8.98. The molecule has 5 heteroatoms. The quantitative estimate of drug-likeness (QED) is 0.282. The Labute approximate surface area is 208 Å². The first-order valence-corrected chi connectivity index (χ1v) is 11.9. The Morgan fingerprint density at radius 2 is 1.58 bits per heavy atom. The van der Waals surface area contributed by atoms with Crippen molar-refractivity contribution in [2.24, 2.45) is 0 Å². The van der Waals surface area contributed by atoms with Crippen LogP contribution in [0.25, 0.3) is 33.5 Å². The number of hydrogen-bond acceptors (Lipinski definition) is 3. The van der Waals surface area contributed by atoms with Gasteiger partial charge in [-0.3, -0.25) is 4.79 Å². The lowest BCUT2D eigenvalue weighted by Crippen LogP contribution is -2.10. The Morgan fingerprint density at radius 1 is 0.833 bits per heavy atom. The molecule has 1 aliphatic heterocycles. The molecule has 0 fully saturated rings. The average molecular weight is 473 g/mol. The summed E-state index contributed by atoms with van der Waals surface area (Å²) < 4.78 is 7.99. The number of rotatable bonds is 7. The van der Waals surface area contributed by atoms with E-state index in [4.69, 9.17) is 9.40 Å². The van der Waals surface area contributed by atoms with Gasteiger partial charge in [0.1, 0.15) is 18.0 Å². The largest absolute Gasteiger partial charge is 0.481 e. The third-order valence-electron chi connectivity index (χ3n) is 6.53. The first-order valence-electron chi connectivity index (χ1n) is 11.9. The lowest BCUT2D eigenvalue weighted by atomic mass is 9.98. The second kappa shape index (κ2) is 9.19. The fourth-order valence-electron chi connectivity index (χ4n) is 4.94. The van der Waals surface area contributed by atoms with E-state index >= 15 is 0 Å². The molecular weight excluding hydrogens is 448 g/mol. The van der Waals surface area contributed by atoms with Gasteiger partial charge in [0.05, 0.1) is 17.3 Å². The number of aliphatic carboxylic acids is 1. The van der Waals surface area contributed by atoms with Crippen molar-refractivity contribution in [3.05, 3.63) is 126 Å². The SMILES string of the molecule is O=C(O)Cc1nc2cc(-c3c(Cc4ccccc4)cc4cccoc3-4)ccc2n1Cc1ccccc1. The van der Waals surface area contributed by atoms with Gasteiger partial charge in [-0.05, 0) is 59.0 Å². The van der Waals surface area contributed by atoms with Gasteiger partial charge >= 0.3 is 5.97 Å². The van der Waals surface area contributed by atoms with E-state index < -0.39 is 5.97 Å². The summed E-state index contributed by atoms with van der Waals surface area (Å²) in [7, 11) is 0. The molecular formula is C31H24N2O3. The average Bonchev–Trinajstić information content (AvgIpc) is 3.41. The number of aromatic nitrogens is 2. The van der Waals surface area contributed by atoms with Crippen LogP contribution in [0.3, 0.4) is 0 Å². The smallest absolute Gasteiger partial charge is 0.311 e. The summed E-state index contributed by atoms with van der Waals surface area (Å²) in [5.74, 6) is 0.489. The maximum atomic E-state index is 11.6. The maximum Gasteiger partial charge on any atom is 0.311 e. The van der Waals surface area contributed by atoms with E-state index in [1.54, 1.807) is 6.26 Å². The number of carboxylic acids is 1. The highest BCUT2D eigenvalue weighted by molar-refractivity contribution is 5.91. The zero-order chi connectivity index (χ0) is 24.5. The Balaban J connectivity index is 1.48. The monoisotopic (exact) mass is 472 g/mol. The van der Waals surface area contributed by atoms with E-state index in [0.717, 1.165) is 45.5 Å². The maximum absolute atomic E-state index is 11.6. The Kier molecular flexibility index (Phi) is 5.58. The standard InChI is InChI=1S/C31H24N2O3/c34-29(35)19-28-32-26-18-23(13-14-27(26)33(28)20-22-10-5-2-6-11-22)30-25(16-21-8-3-1-4-9-21)17-24-12-7-15-36-31(24)30/h1-15,17-18H,16,19-20H2,(H,34,35). The normalized spacial score (nSPS) is 11.3. The first kappa shape index (κ1) is 21.9. The van der Waals surface area contributed by atoms with E-state index in [1.807, 2.05) is 59.2 Å². The molecule has 1 N–H and O–H groups in total. The fraction of sp³-hybridized carbons (Fsp3) is 0.0968. The molecule has 6 rings (SSSR count). The molecule has 3 aromatic carbocycles. The predicted molar refractivity (Wildman–Crippen MR) is 140 cm³/mol. The molecule has 5 nitrogen and oxygen atoms in total. The summed E-state index contributed by atoms with van der Waals surface area (Å²) in [6.45, 7) is 0.563. The second-order valence-electron chi connectivity index (χ2n) is 8.98.